The highest BCUT2D eigenvalue weighted by Crippen LogP contribution is 2.15. The second-order valence-electron chi connectivity index (χ2n) is 4.34. The van der Waals surface area contributed by atoms with Crippen molar-refractivity contribution >= 4 is 18.5 Å². The molecule has 0 bridgehead atoms. The summed E-state index contributed by atoms with van der Waals surface area (Å²) in [6.07, 6.45) is 2.97. The number of rotatable bonds is 3. The lowest BCUT2D eigenvalue weighted by Gasteiger charge is -2.26. The van der Waals surface area contributed by atoms with Crippen molar-refractivity contribution in [2.24, 2.45) is 0 Å². The van der Waals surface area contributed by atoms with Crippen LogP contribution in [0.1, 0.15) is 16.8 Å². The molecule has 18 heavy (non-hydrogen) atoms. The summed E-state index contributed by atoms with van der Waals surface area (Å²) in [6.45, 7) is 2.09. The van der Waals surface area contributed by atoms with Crippen LogP contribution in [0.15, 0.2) is 40.8 Å². The van der Waals surface area contributed by atoms with E-state index in [9.17, 15) is 4.79 Å². The number of ether oxygens (including phenoxy) is 1. The number of carbonyl (C=O) groups excluding carboxylic acids is 1. The van der Waals surface area contributed by atoms with E-state index in [1.807, 2.05) is 29.2 Å². The van der Waals surface area contributed by atoms with Gasteiger partial charge in [-0.3, -0.25) is 4.79 Å². The van der Waals surface area contributed by atoms with Crippen LogP contribution in [-0.4, -0.2) is 37.6 Å². The highest BCUT2D eigenvalue weighted by molar-refractivity contribution is 7.80. The Labute approximate surface area is 113 Å². The summed E-state index contributed by atoms with van der Waals surface area (Å²) < 4.78 is 5.09. The third-order valence-electron chi connectivity index (χ3n) is 3.03. The molecule has 0 saturated heterocycles. The van der Waals surface area contributed by atoms with Crippen molar-refractivity contribution in [1.29, 1.82) is 0 Å². The van der Waals surface area contributed by atoms with Gasteiger partial charge in [0.1, 0.15) is 0 Å². The molecule has 0 fully saturated rings. The van der Waals surface area contributed by atoms with Gasteiger partial charge in [0, 0.05) is 30.7 Å². The lowest BCUT2D eigenvalue weighted by atomic mass is 10.1. The van der Waals surface area contributed by atoms with E-state index < -0.39 is 0 Å². The Kier molecular flexibility index (Phi) is 4.44. The monoisotopic (exact) mass is 263 g/mol. The van der Waals surface area contributed by atoms with Crippen LogP contribution in [0.3, 0.4) is 0 Å². The van der Waals surface area contributed by atoms with E-state index in [1.165, 1.54) is 5.57 Å². The number of amides is 1. The Morgan fingerprint density at radius 2 is 2.11 bits per heavy atom. The summed E-state index contributed by atoms with van der Waals surface area (Å²) in [5.41, 5.74) is 1.99. The molecule has 4 heteroatoms. The molecule has 96 valence electrons. The number of hydrogen-bond donors (Lipinski definition) is 1. The molecule has 1 aliphatic rings. The predicted octanol–water partition coefficient (Wildman–Crippen LogP) is 2.39. The average Bonchev–Trinajstić information content (AvgIpc) is 2.40. The number of methoxy groups -OCH3 is 1. The first-order chi connectivity index (χ1) is 8.70. The number of hydrogen-bond acceptors (Lipinski definition) is 3. The van der Waals surface area contributed by atoms with E-state index in [0.717, 1.165) is 23.4 Å². The molecule has 0 unspecified atom stereocenters. The lowest BCUT2D eigenvalue weighted by molar-refractivity contribution is 0.0765. The zero-order chi connectivity index (χ0) is 13.0. The van der Waals surface area contributed by atoms with E-state index >= 15 is 0 Å². The van der Waals surface area contributed by atoms with Gasteiger partial charge < -0.3 is 9.64 Å². The largest absolute Gasteiger partial charge is 0.380 e. The standard InChI is InChI=1S/C14H17NO2S/c1-17-10-11-6-8-15(9-7-11)14(16)12-2-4-13(18)5-3-12/h2-6,18H,7-10H2,1H3. The van der Waals surface area contributed by atoms with Crippen LogP contribution in [0.25, 0.3) is 0 Å². The van der Waals surface area contributed by atoms with Crippen LogP contribution in [0.2, 0.25) is 0 Å². The Morgan fingerprint density at radius 1 is 1.39 bits per heavy atom. The molecule has 1 aromatic carbocycles. The fourth-order valence-electron chi connectivity index (χ4n) is 2.00. The topological polar surface area (TPSA) is 29.5 Å². The lowest BCUT2D eigenvalue weighted by Crippen LogP contribution is -2.35. The van der Waals surface area contributed by atoms with E-state index in [0.29, 0.717) is 13.2 Å². The number of benzene rings is 1. The Balaban J connectivity index is 2.01. The molecule has 0 N–H and O–H groups in total. The van der Waals surface area contributed by atoms with Gasteiger partial charge in [0.2, 0.25) is 0 Å². The van der Waals surface area contributed by atoms with Crippen LogP contribution in [0.5, 0.6) is 0 Å². The zero-order valence-corrected chi connectivity index (χ0v) is 11.3. The third kappa shape index (κ3) is 3.15. The zero-order valence-electron chi connectivity index (χ0n) is 10.4. The van der Waals surface area contributed by atoms with E-state index in [1.54, 1.807) is 7.11 Å². The van der Waals surface area contributed by atoms with Gasteiger partial charge in [-0.1, -0.05) is 6.08 Å². The van der Waals surface area contributed by atoms with Crippen molar-refractivity contribution in [3.8, 4) is 0 Å². The summed E-state index contributed by atoms with van der Waals surface area (Å²) in [4.78, 5) is 14.9. The fourth-order valence-corrected chi connectivity index (χ4v) is 2.15. The van der Waals surface area contributed by atoms with Crippen molar-refractivity contribution in [3.63, 3.8) is 0 Å². The van der Waals surface area contributed by atoms with Crippen LogP contribution >= 0.6 is 12.6 Å². The Hall–Kier alpha value is -1.26. The van der Waals surface area contributed by atoms with Gasteiger partial charge in [0.25, 0.3) is 5.91 Å². The van der Waals surface area contributed by atoms with Gasteiger partial charge >= 0.3 is 0 Å². The van der Waals surface area contributed by atoms with Gasteiger partial charge in [-0.05, 0) is 36.3 Å². The summed E-state index contributed by atoms with van der Waals surface area (Å²) in [7, 11) is 1.69. The minimum Gasteiger partial charge on any atom is -0.380 e. The first-order valence-electron chi connectivity index (χ1n) is 5.96. The van der Waals surface area contributed by atoms with Crippen molar-refractivity contribution < 1.29 is 9.53 Å². The van der Waals surface area contributed by atoms with Crippen LogP contribution in [0.4, 0.5) is 0 Å². The molecule has 1 amide bonds. The minimum atomic E-state index is 0.0797. The molecular formula is C14H17NO2S. The maximum Gasteiger partial charge on any atom is 0.254 e. The molecule has 3 nitrogen and oxygen atoms in total. The van der Waals surface area contributed by atoms with Crippen LogP contribution in [-0.2, 0) is 4.74 Å². The van der Waals surface area contributed by atoms with Gasteiger partial charge in [0.15, 0.2) is 0 Å². The summed E-state index contributed by atoms with van der Waals surface area (Å²) in [5, 5.41) is 0. The molecule has 2 rings (SSSR count). The molecule has 0 atom stereocenters. The highest BCUT2D eigenvalue weighted by atomic mass is 32.1. The molecule has 1 aliphatic heterocycles. The molecule has 0 aliphatic carbocycles. The van der Waals surface area contributed by atoms with E-state index in [4.69, 9.17) is 4.74 Å². The molecule has 1 aromatic rings. The molecule has 0 aromatic heterocycles. The van der Waals surface area contributed by atoms with Gasteiger partial charge in [-0.2, -0.15) is 0 Å². The summed E-state index contributed by atoms with van der Waals surface area (Å²) >= 11 is 4.21. The first kappa shape index (κ1) is 13.2. The second-order valence-corrected chi connectivity index (χ2v) is 4.86. The minimum absolute atomic E-state index is 0.0797. The Bertz CT molecular complexity index is 453. The number of nitrogens with zero attached hydrogens (tertiary/aromatic N) is 1. The predicted molar refractivity (Wildman–Crippen MR) is 74.2 cm³/mol. The van der Waals surface area contributed by atoms with Crippen LogP contribution < -0.4 is 0 Å². The van der Waals surface area contributed by atoms with Crippen molar-refractivity contribution in [2.75, 3.05) is 26.8 Å². The molecule has 0 spiro atoms. The van der Waals surface area contributed by atoms with E-state index in [2.05, 4.69) is 18.7 Å². The number of carbonyl (C=O) groups is 1. The highest BCUT2D eigenvalue weighted by Gasteiger charge is 2.18. The summed E-state index contributed by atoms with van der Waals surface area (Å²) in [5.74, 6) is 0.0797. The SMILES string of the molecule is COCC1=CCN(C(=O)c2ccc(S)cc2)CC1. The second kappa shape index (κ2) is 6.07. The van der Waals surface area contributed by atoms with E-state index in [-0.39, 0.29) is 5.91 Å². The summed E-state index contributed by atoms with van der Waals surface area (Å²) in [6, 6.07) is 7.32. The third-order valence-corrected chi connectivity index (χ3v) is 3.33. The molecular weight excluding hydrogens is 246 g/mol. The molecule has 0 saturated carbocycles. The van der Waals surface area contributed by atoms with Gasteiger partial charge in [-0.15, -0.1) is 12.6 Å². The normalized spacial score (nSPS) is 15.4. The average molecular weight is 263 g/mol. The van der Waals surface area contributed by atoms with Gasteiger partial charge in [-0.25, -0.2) is 0 Å². The van der Waals surface area contributed by atoms with Crippen molar-refractivity contribution in [1.82, 2.24) is 4.90 Å². The number of thiol groups is 1. The Morgan fingerprint density at radius 3 is 2.67 bits per heavy atom. The quantitative estimate of drug-likeness (QED) is 0.670. The van der Waals surface area contributed by atoms with Crippen LogP contribution in [0, 0.1) is 0 Å². The smallest absolute Gasteiger partial charge is 0.254 e. The fraction of sp³-hybridized carbons (Fsp3) is 0.357. The van der Waals surface area contributed by atoms with Crippen molar-refractivity contribution in [3.05, 3.63) is 41.5 Å². The maximum atomic E-state index is 12.2. The van der Waals surface area contributed by atoms with Crippen molar-refractivity contribution in [2.45, 2.75) is 11.3 Å². The molecule has 0 radical (unpaired) electrons. The van der Waals surface area contributed by atoms with Gasteiger partial charge in [0.05, 0.1) is 6.61 Å². The molecule has 1 heterocycles. The first-order valence-corrected chi connectivity index (χ1v) is 6.40. The maximum absolute atomic E-state index is 12.2.